The van der Waals surface area contributed by atoms with Gasteiger partial charge in [-0.2, -0.15) is 0 Å². The van der Waals surface area contributed by atoms with E-state index in [1.54, 1.807) is 11.9 Å². The molecule has 28 heavy (non-hydrogen) atoms. The number of rotatable bonds is 5. The van der Waals surface area contributed by atoms with Crippen molar-refractivity contribution in [3.8, 4) is 5.88 Å². The zero-order valence-electron chi connectivity index (χ0n) is 16.9. The van der Waals surface area contributed by atoms with Gasteiger partial charge in [0, 0.05) is 52.0 Å². The molecule has 1 aromatic heterocycles. The minimum absolute atomic E-state index is 0.240. The first-order chi connectivity index (χ1) is 13.7. The first kappa shape index (κ1) is 20.2. The molecule has 0 radical (unpaired) electrons. The Bertz CT molecular complexity index is 650. The Balaban J connectivity index is 1.44. The van der Waals surface area contributed by atoms with Gasteiger partial charge in [-0.15, -0.1) is 0 Å². The van der Waals surface area contributed by atoms with Gasteiger partial charge in [-0.25, -0.2) is 9.78 Å². The van der Waals surface area contributed by atoms with Gasteiger partial charge in [-0.1, -0.05) is 6.07 Å². The third kappa shape index (κ3) is 5.50. The lowest BCUT2D eigenvalue weighted by Crippen LogP contribution is -2.53. The first-order valence-electron chi connectivity index (χ1n) is 10.2. The summed E-state index contributed by atoms with van der Waals surface area (Å²) in [6, 6.07) is 3.98. The largest absolute Gasteiger partial charge is 0.474 e. The number of aliphatic imine (C=N–C) groups is 1. The van der Waals surface area contributed by atoms with E-state index in [0.29, 0.717) is 38.2 Å². The molecule has 0 spiro atoms. The van der Waals surface area contributed by atoms with Crippen LogP contribution in [0.3, 0.4) is 0 Å². The van der Waals surface area contributed by atoms with E-state index in [-0.39, 0.29) is 6.09 Å². The fourth-order valence-electron chi connectivity index (χ4n) is 3.59. The van der Waals surface area contributed by atoms with E-state index in [2.05, 4.69) is 20.2 Å². The van der Waals surface area contributed by atoms with Crippen LogP contribution >= 0.6 is 0 Å². The van der Waals surface area contributed by atoms with Gasteiger partial charge < -0.3 is 24.6 Å². The van der Waals surface area contributed by atoms with Crippen molar-refractivity contribution in [3.63, 3.8) is 0 Å². The smallest absolute Gasteiger partial charge is 0.409 e. The van der Waals surface area contributed by atoms with Crippen molar-refractivity contribution in [2.75, 3.05) is 39.8 Å². The molecular formula is C20H31N5O3. The monoisotopic (exact) mass is 389 g/mol. The van der Waals surface area contributed by atoms with Crippen LogP contribution in [0.25, 0.3) is 0 Å². The summed E-state index contributed by atoms with van der Waals surface area (Å²) in [5.41, 5.74) is 1.07. The van der Waals surface area contributed by atoms with Crippen molar-refractivity contribution >= 4 is 12.1 Å². The van der Waals surface area contributed by atoms with E-state index >= 15 is 0 Å². The molecule has 1 saturated carbocycles. The van der Waals surface area contributed by atoms with Crippen LogP contribution in [-0.4, -0.2) is 72.8 Å². The molecule has 2 fully saturated rings. The third-order valence-corrected chi connectivity index (χ3v) is 5.15. The molecule has 1 aromatic rings. The van der Waals surface area contributed by atoms with Crippen LogP contribution in [-0.2, 0) is 11.3 Å². The van der Waals surface area contributed by atoms with Crippen molar-refractivity contribution in [1.29, 1.82) is 0 Å². The molecule has 0 unspecified atom stereocenters. The second-order valence-electron chi connectivity index (χ2n) is 7.10. The highest BCUT2D eigenvalue weighted by Crippen LogP contribution is 2.22. The van der Waals surface area contributed by atoms with Crippen molar-refractivity contribution < 1.29 is 14.3 Å². The summed E-state index contributed by atoms with van der Waals surface area (Å²) in [5, 5.41) is 3.38. The maximum absolute atomic E-state index is 11.8. The topological polar surface area (TPSA) is 79.3 Å². The maximum atomic E-state index is 11.8. The molecule has 1 aliphatic carbocycles. The zero-order chi connectivity index (χ0) is 19.8. The minimum Gasteiger partial charge on any atom is -0.474 e. The number of hydrogen-bond acceptors (Lipinski definition) is 5. The number of aromatic nitrogens is 1. The van der Waals surface area contributed by atoms with Crippen LogP contribution in [0, 0.1) is 0 Å². The molecule has 0 atom stereocenters. The standard InChI is InChI=1S/C20H31N5O3/c1-3-27-20(26)25-12-10-24(11-13-25)19(21-2)23-15-16-8-9-18(22-14-16)28-17-6-4-5-7-17/h8-9,14,17H,3-7,10-13,15H2,1-2H3,(H,21,23). The maximum Gasteiger partial charge on any atom is 0.409 e. The molecule has 1 amide bonds. The second-order valence-corrected chi connectivity index (χ2v) is 7.10. The summed E-state index contributed by atoms with van der Waals surface area (Å²) in [6.07, 6.45) is 6.69. The summed E-state index contributed by atoms with van der Waals surface area (Å²) < 4.78 is 11.0. The molecule has 154 valence electrons. The quantitative estimate of drug-likeness (QED) is 0.615. The van der Waals surface area contributed by atoms with Crippen LogP contribution in [0.1, 0.15) is 38.2 Å². The lowest BCUT2D eigenvalue weighted by molar-refractivity contribution is 0.0914. The van der Waals surface area contributed by atoms with Crippen LogP contribution in [0.4, 0.5) is 4.79 Å². The number of carbonyl (C=O) groups is 1. The van der Waals surface area contributed by atoms with Crippen LogP contribution < -0.4 is 10.1 Å². The number of guanidine groups is 1. The first-order valence-corrected chi connectivity index (χ1v) is 10.2. The van der Waals surface area contributed by atoms with E-state index in [0.717, 1.165) is 37.5 Å². The Labute approximate surface area is 166 Å². The molecule has 8 nitrogen and oxygen atoms in total. The number of carbonyl (C=O) groups excluding carboxylic acids is 1. The Morgan fingerprint density at radius 1 is 1.21 bits per heavy atom. The number of nitrogens with one attached hydrogen (secondary N) is 1. The predicted octanol–water partition coefficient (Wildman–Crippen LogP) is 2.25. The Morgan fingerprint density at radius 2 is 1.93 bits per heavy atom. The molecule has 2 heterocycles. The lowest BCUT2D eigenvalue weighted by atomic mass is 10.3. The van der Waals surface area contributed by atoms with Crippen LogP contribution in [0.2, 0.25) is 0 Å². The fourth-order valence-corrected chi connectivity index (χ4v) is 3.59. The van der Waals surface area contributed by atoms with Crippen molar-refractivity contribution in [2.45, 2.75) is 45.3 Å². The van der Waals surface area contributed by atoms with Gasteiger partial charge in [-0.3, -0.25) is 4.99 Å². The Kier molecular flexibility index (Phi) is 7.33. The summed E-state index contributed by atoms with van der Waals surface area (Å²) in [5.74, 6) is 1.53. The van der Waals surface area contributed by atoms with Crippen molar-refractivity contribution in [3.05, 3.63) is 23.9 Å². The zero-order valence-corrected chi connectivity index (χ0v) is 16.9. The number of ether oxygens (including phenoxy) is 2. The van der Waals surface area contributed by atoms with Gasteiger partial charge in [-0.05, 0) is 38.2 Å². The third-order valence-electron chi connectivity index (χ3n) is 5.15. The number of amides is 1. The number of hydrogen-bond donors (Lipinski definition) is 1. The average molecular weight is 390 g/mol. The van der Waals surface area contributed by atoms with Crippen molar-refractivity contribution in [2.24, 2.45) is 4.99 Å². The van der Waals surface area contributed by atoms with Gasteiger partial charge in [0.15, 0.2) is 5.96 Å². The number of nitrogens with zero attached hydrogens (tertiary/aromatic N) is 4. The highest BCUT2D eigenvalue weighted by Gasteiger charge is 2.23. The van der Waals surface area contributed by atoms with E-state index in [1.807, 2.05) is 25.3 Å². The second kappa shape index (κ2) is 10.1. The Hall–Kier alpha value is -2.51. The van der Waals surface area contributed by atoms with Gasteiger partial charge in [0.25, 0.3) is 0 Å². The average Bonchev–Trinajstić information content (AvgIpc) is 3.23. The van der Waals surface area contributed by atoms with Gasteiger partial charge in [0.1, 0.15) is 6.10 Å². The molecule has 2 aliphatic rings. The molecule has 1 aliphatic heterocycles. The molecular weight excluding hydrogens is 358 g/mol. The van der Waals surface area contributed by atoms with Crippen molar-refractivity contribution in [1.82, 2.24) is 20.1 Å². The number of pyridine rings is 1. The predicted molar refractivity (Wildman–Crippen MR) is 107 cm³/mol. The van der Waals surface area contributed by atoms with Crippen LogP contribution in [0.5, 0.6) is 5.88 Å². The SMILES string of the molecule is CCOC(=O)N1CCN(C(=NC)NCc2ccc(OC3CCCC3)nc2)CC1. The highest BCUT2D eigenvalue weighted by molar-refractivity contribution is 5.80. The van der Waals surface area contributed by atoms with E-state index in [4.69, 9.17) is 9.47 Å². The summed E-state index contributed by atoms with van der Waals surface area (Å²) in [6.45, 7) is 5.59. The minimum atomic E-state index is -0.240. The van der Waals surface area contributed by atoms with Gasteiger partial charge in [0.05, 0.1) is 6.61 Å². The van der Waals surface area contributed by atoms with E-state index in [9.17, 15) is 4.79 Å². The van der Waals surface area contributed by atoms with E-state index < -0.39 is 0 Å². The summed E-state index contributed by atoms with van der Waals surface area (Å²) >= 11 is 0. The van der Waals surface area contributed by atoms with E-state index in [1.165, 1.54) is 12.8 Å². The summed E-state index contributed by atoms with van der Waals surface area (Å²) in [7, 11) is 1.77. The van der Waals surface area contributed by atoms with Crippen LogP contribution in [0.15, 0.2) is 23.3 Å². The molecule has 0 bridgehead atoms. The molecule has 3 rings (SSSR count). The molecule has 0 aromatic carbocycles. The number of piperazine rings is 1. The van der Waals surface area contributed by atoms with Gasteiger partial charge in [0.2, 0.25) is 5.88 Å². The molecule has 1 saturated heterocycles. The normalized spacial score (nSPS) is 18.3. The fraction of sp³-hybridized carbons (Fsp3) is 0.650. The molecule has 8 heteroatoms. The van der Waals surface area contributed by atoms with Gasteiger partial charge >= 0.3 is 6.09 Å². The highest BCUT2D eigenvalue weighted by atomic mass is 16.6. The molecule has 1 N–H and O–H groups in total. The lowest BCUT2D eigenvalue weighted by Gasteiger charge is -2.35. The summed E-state index contributed by atoms with van der Waals surface area (Å²) in [4.78, 5) is 24.5. The Morgan fingerprint density at radius 3 is 2.54 bits per heavy atom.